The van der Waals surface area contributed by atoms with E-state index in [0.717, 1.165) is 30.5 Å². The van der Waals surface area contributed by atoms with Crippen molar-refractivity contribution in [3.63, 3.8) is 0 Å². The Bertz CT molecular complexity index is 1010. The molecule has 0 unspecified atom stereocenters. The van der Waals surface area contributed by atoms with E-state index in [1.54, 1.807) is 16.7 Å². The molecule has 2 aromatic carbocycles. The van der Waals surface area contributed by atoms with Crippen molar-refractivity contribution < 1.29 is 19.9 Å². The molecule has 0 saturated heterocycles. The highest BCUT2D eigenvalue weighted by molar-refractivity contribution is 5.98. The second-order valence-corrected chi connectivity index (χ2v) is 6.57. The Kier molecular flexibility index (Phi) is 6.06. The zero-order chi connectivity index (χ0) is 20.1. The van der Waals surface area contributed by atoms with Crippen LogP contribution in [0.15, 0.2) is 58.8 Å². The number of aromatic nitrogens is 1. The van der Waals surface area contributed by atoms with Crippen LogP contribution in [0, 0.1) is 0 Å². The van der Waals surface area contributed by atoms with Crippen LogP contribution in [0.2, 0.25) is 0 Å². The predicted octanol–water partition coefficient (Wildman–Crippen LogP) is 2.90. The zero-order valence-electron chi connectivity index (χ0n) is 16.1. The standard InChI is InChI=1S/C21H24N4O3/c1-3-24(4-2)13-14-25-17-11-7-5-9-15(17)19(21(25)28)22-23-20(27)16-10-6-8-12-18(16)26/h5-12,26,28H,3-4,13-14H2,1-2H3/p+1. The number of quaternary nitrogens is 1. The lowest BCUT2D eigenvalue weighted by molar-refractivity contribution is -0.897. The van der Waals surface area contributed by atoms with E-state index < -0.39 is 5.91 Å². The van der Waals surface area contributed by atoms with Crippen LogP contribution in [0.4, 0.5) is 5.69 Å². The van der Waals surface area contributed by atoms with E-state index in [4.69, 9.17) is 0 Å². The van der Waals surface area contributed by atoms with Gasteiger partial charge in [0.1, 0.15) is 5.75 Å². The van der Waals surface area contributed by atoms with E-state index in [0.29, 0.717) is 6.54 Å². The van der Waals surface area contributed by atoms with Crippen LogP contribution in [-0.4, -0.2) is 40.3 Å². The van der Waals surface area contributed by atoms with Crippen LogP contribution < -0.4 is 4.90 Å². The maximum absolute atomic E-state index is 12.3. The summed E-state index contributed by atoms with van der Waals surface area (Å²) in [5.41, 5.74) is 1.17. The van der Waals surface area contributed by atoms with E-state index in [9.17, 15) is 15.0 Å². The van der Waals surface area contributed by atoms with Gasteiger partial charge in [0.15, 0.2) is 5.69 Å². The van der Waals surface area contributed by atoms with Crippen molar-refractivity contribution >= 4 is 22.5 Å². The minimum atomic E-state index is -0.665. The minimum Gasteiger partial charge on any atom is -0.507 e. The summed E-state index contributed by atoms with van der Waals surface area (Å²) in [5, 5.41) is 29.0. The summed E-state index contributed by atoms with van der Waals surface area (Å²) < 4.78 is 1.81. The van der Waals surface area contributed by atoms with Gasteiger partial charge in [0.2, 0.25) is 5.88 Å². The highest BCUT2D eigenvalue weighted by atomic mass is 16.3. The molecule has 7 nitrogen and oxygen atoms in total. The number of aromatic hydroxyl groups is 2. The number of amides is 1. The number of phenolic OH excluding ortho intramolecular Hbond substituents is 1. The summed E-state index contributed by atoms with van der Waals surface area (Å²) in [6.07, 6.45) is 0. The van der Waals surface area contributed by atoms with Gasteiger partial charge in [0, 0.05) is 5.39 Å². The van der Waals surface area contributed by atoms with E-state index in [-0.39, 0.29) is 22.9 Å². The minimum absolute atomic E-state index is 0.0124. The van der Waals surface area contributed by atoms with Gasteiger partial charge < -0.3 is 19.7 Å². The summed E-state index contributed by atoms with van der Waals surface area (Å²) in [7, 11) is 0. The Hall–Kier alpha value is -3.19. The second kappa shape index (κ2) is 8.67. The average molecular weight is 381 g/mol. The lowest BCUT2D eigenvalue weighted by Crippen LogP contribution is -3.11. The van der Waals surface area contributed by atoms with Crippen molar-refractivity contribution in [3.8, 4) is 11.6 Å². The van der Waals surface area contributed by atoms with Gasteiger partial charge in [-0.2, -0.15) is 0 Å². The van der Waals surface area contributed by atoms with E-state index >= 15 is 0 Å². The molecule has 0 aliphatic carbocycles. The van der Waals surface area contributed by atoms with Crippen LogP contribution >= 0.6 is 0 Å². The Morgan fingerprint density at radius 3 is 2.43 bits per heavy atom. The van der Waals surface area contributed by atoms with Crippen molar-refractivity contribution in [3.05, 3.63) is 54.1 Å². The Morgan fingerprint density at radius 1 is 1.04 bits per heavy atom. The zero-order valence-corrected chi connectivity index (χ0v) is 16.1. The number of nitrogens with one attached hydrogen (secondary N) is 1. The third-order valence-corrected chi connectivity index (χ3v) is 4.98. The number of hydrogen-bond acceptors (Lipinski definition) is 4. The summed E-state index contributed by atoms with van der Waals surface area (Å²) in [4.78, 5) is 13.7. The first-order chi connectivity index (χ1) is 13.6. The van der Waals surface area contributed by atoms with Crippen LogP contribution in [0.5, 0.6) is 11.6 Å². The topological polar surface area (TPSA) is 91.6 Å². The number of carbonyl (C=O) groups is 1. The maximum atomic E-state index is 12.3. The van der Waals surface area contributed by atoms with Crippen molar-refractivity contribution in [2.45, 2.75) is 20.4 Å². The molecule has 0 saturated carbocycles. The number of rotatable bonds is 7. The molecule has 0 radical (unpaired) electrons. The molecule has 28 heavy (non-hydrogen) atoms. The van der Waals surface area contributed by atoms with E-state index in [1.807, 2.05) is 24.3 Å². The molecule has 0 aliphatic heterocycles. The number of azo groups is 1. The van der Waals surface area contributed by atoms with Crippen LogP contribution in [0.25, 0.3) is 10.9 Å². The van der Waals surface area contributed by atoms with Gasteiger partial charge in [-0.05, 0) is 32.0 Å². The molecule has 1 heterocycles. The molecule has 0 bridgehead atoms. The largest absolute Gasteiger partial charge is 0.507 e. The molecule has 1 aromatic heterocycles. The first-order valence-electron chi connectivity index (χ1n) is 9.44. The fourth-order valence-corrected chi connectivity index (χ4v) is 3.27. The van der Waals surface area contributed by atoms with Crippen molar-refractivity contribution in [1.29, 1.82) is 0 Å². The van der Waals surface area contributed by atoms with Gasteiger partial charge in [0.25, 0.3) is 5.91 Å². The number of fused-ring (bicyclic) bond motifs is 1. The molecule has 0 atom stereocenters. The highest BCUT2D eigenvalue weighted by Crippen LogP contribution is 2.38. The molecule has 1 amide bonds. The summed E-state index contributed by atoms with van der Waals surface area (Å²) in [5.74, 6) is -0.830. The lowest BCUT2D eigenvalue weighted by Gasteiger charge is -2.16. The lowest BCUT2D eigenvalue weighted by atomic mass is 10.2. The van der Waals surface area contributed by atoms with Crippen LogP contribution in [-0.2, 0) is 6.54 Å². The summed E-state index contributed by atoms with van der Waals surface area (Å²) in [6, 6.07) is 13.7. The van der Waals surface area contributed by atoms with Crippen molar-refractivity contribution in [2.75, 3.05) is 19.6 Å². The Balaban J connectivity index is 1.94. The fourth-order valence-electron chi connectivity index (χ4n) is 3.27. The van der Waals surface area contributed by atoms with E-state index in [2.05, 4.69) is 24.1 Å². The first-order valence-corrected chi connectivity index (χ1v) is 9.44. The van der Waals surface area contributed by atoms with Gasteiger partial charge >= 0.3 is 0 Å². The number of para-hydroxylation sites is 2. The molecular weight excluding hydrogens is 356 g/mol. The van der Waals surface area contributed by atoms with Gasteiger partial charge in [0.05, 0.1) is 37.3 Å². The number of carbonyl (C=O) groups excluding carboxylic acids is 1. The highest BCUT2D eigenvalue weighted by Gasteiger charge is 2.18. The van der Waals surface area contributed by atoms with Gasteiger partial charge in [-0.1, -0.05) is 30.3 Å². The quantitative estimate of drug-likeness (QED) is 0.550. The second-order valence-electron chi connectivity index (χ2n) is 6.57. The monoisotopic (exact) mass is 381 g/mol. The number of hydrogen-bond donors (Lipinski definition) is 3. The molecule has 3 aromatic rings. The fraction of sp³-hybridized carbons (Fsp3) is 0.286. The molecule has 0 aliphatic rings. The van der Waals surface area contributed by atoms with Crippen LogP contribution in [0.1, 0.15) is 24.2 Å². The molecule has 3 N–H and O–H groups in total. The van der Waals surface area contributed by atoms with Crippen molar-refractivity contribution in [1.82, 2.24) is 4.57 Å². The predicted molar refractivity (Wildman–Crippen MR) is 107 cm³/mol. The Morgan fingerprint density at radius 2 is 1.71 bits per heavy atom. The number of benzene rings is 2. The van der Waals surface area contributed by atoms with Gasteiger partial charge in [-0.25, -0.2) is 0 Å². The number of nitrogens with zero attached hydrogens (tertiary/aromatic N) is 3. The summed E-state index contributed by atoms with van der Waals surface area (Å²) >= 11 is 0. The van der Waals surface area contributed by atoms with Gasteiger partial charge in [-0.15, -0.1) is 10.2 Å². The third kappa shape index (κ3) is 3.89. The Labute approximate surface area is 163 Å². The number of likely N-dealkylation sites (N-methyl/N-ethyl adjacent to an activating group) is 1. The van der Waals surface area contributed by atoms with E-state index in [1.165, 1.54) is 17.0 Å². The normalized spacial score (nSPS) is 11.7. The molecule has 146 valence electrons. The molecular formula is C21H25N4O3+. The first kappa shape index (κ1) is 19.6. The van der Waals surface area contributed by atoms with Gasteiger partial charge in [-0.3, -0.25) is 4.79 Å². The molecule has 0 fully saturated rings. The smallest absolute Gasteiger partial charge is 0.299 e. The average Bonchev–Trinajstić information content (AvgIpc) is 2.98. The van der Waals surface area contributed by atoms with Crippen molar-refractivity contribution in [2.24, 2.45) is 10.2 Å². The SMILES string of the molecule is CC[NH+](CC)CCn1c(O)c(N=NC(=O)c2ccccc2O)c2ccccc21. The third-order valence-electron chi connectivity index (χ3n) is 4.98. The maximum Gasteiger partial charge on any atom is 0.299 e. The molecule has 7 heteroatoms. The summed E-state index contributed by atoms with van der Waals surface area (Å²) in [6.45, 7) is 7.79. The number of phenols is 1. The molecule has 0 spiro atoms. The molecule has 3 rings (SSSR count). The van der Waals surface area contributed by atoms with Crippen LogP contribution in [0.3, 0.4) is 0 Å².